The van der Waals surface area contributed by atoms with E-state index in [0.29, 0.717) is 5.56 Å². The number of unbranched alkanes of at least 4 members (excludes halogenated alkanes) is 3. The van der Waals surface area contributed by atoms with E-state index in [-0.39, 0.29) is 34.5 Å². The predicted octanol–water partition coefficient (Wildman–Crippen LogP) is 7.25. The fourth-order valence-corrected chi connectivity index (χ4v) is 4.93. The highest BCUT2D eigenvalue weighted by molar-refractivity contribution is 6.25. The molecule has 194 valence electrons. The van der Waals surface area contributed by atoms with Crippen molar-refractivity contribution in [2.24, 2.45) is 0 Å². The number of hydrogen-bond acceptors (Lipinski definition) is 5. The van der Waals surface area contributed by atoms with Crippen molar-refractivity contribution in [3.05, 3.63) is 82.6 Å². The summed E-state index contributed by atoms with van der Waals surface area (Å²) in [7, 11) is 0. The molecule has 0 aromatic heterocycles. The second kappa shape index (κ2) is 13.3. The maximum atomic E-state index is 13.7. The Morgan fingerprint density at radius 1 is 0.895 bits per heavy atom. The fourth-order valence-electron chi connectivity index (χ4n) is 4.93. The average molecular weight is 506 g/mol. The predicted molar refractivity (Wildman–Crippen MR) is 150 cm³/mol. The molecule has 2 aromatic rings. The number of anilines is 1. The second-order valence-corrected chi connectivity index (χ2v) is 10.0. The molecular formula is C32H35N5O. The van der Waals surface area contributed by atoms with Gasteiger partial charge in [-0.15, -0.1) is 0 Å². The second-order valence-electron chi connectivity index (χ2n) is 10.0. The third-order valence-electron chi connectivity index (χ3n) is 7.01. The molecule has 3 rings (SSSR count). The maximum absolute atomic E-state index is 13.7. The molecule has 1 amide bonds. The van der Waals surface area contributed by atoms with E-state index in [1.807, 2.05) is 66.7 Å². The number of rotatable bonds is 12. The van der Waals surface area contributed by atoms with E-state index in [1.165, 1.54) is 24.2 Å². The zero-order valence-electron chi connectivity index (χ0n) is 22.6. The molecule has 1 aliphatic rings. The fraction of sp³-hybridized carbons (Fsp3) is 0.375. The molecule has 0 saturated heterocycles. The topological polar surface area (TPSA) is 104 Å². The summed E-state index contributed by atoms with van der Waals surface area (Å²) in [6, 6.07) is 22.7. The van der Waals surface area contributed by atoms with Crippen molar-refractivity contribution < 1.29 is 4.79 Å². The van der Waals surface area contributed by atoms with Crippen LogP contribution in [0.25, 0.3) is 5.57 Å². The van der Waals surface area contributed by atoms with Crippen molar-refractivity contribution in [3.63, 3.8) is 0 Å². The molecule has 0 spiro atoms. The molecule has 2 aromatic carbocycles. The quantitative estimate of drug-likeness (QED) is 0.242. The molecule has 0 radical (unpaired) electrons. The van der Waals surface area contributed by atoms with Gasteiger partial charge in [-0.25, -0.2) is 0 Å². The Kier molecular flexibility index (Phi) is 9.86. The smallest absolute Gasteiger partial charge is 0.260 e. The first-order valence-corrected chi connectivity index (χ1v) is 13.3. The number of carbonyl (C=O) groups is 1. The van der Waals surface area contributed by atoms with Crippen LogP contribution in [0, 0.1) is 34.0 Å². The lowest BCUT2D eigenvalue weighted by Crippen LogP contribution is -2.34. The van der Waals surface area contributed by atoms with Crippen LogP contribution in [-0.4, -0.2) is 16.3 Å². The van der Waals surface area contributed by atoms with E-state index in [0.717, 1.165) is 36.9 Å². The van der Waals surface area contributed by atoms with Crippen molar-refractivity contribution in [2.45, 2.75) is 77.8 Å². The highest BCUT2D eigenvalue weighted by atomic mass is 16.2. The summed E-state index contributed by atoms with van der Waals surface area (Å²) in [5, 5.41) is 33.0. The number of hydrogen-bond donors (Lipinski definition) is 1. The summed E-state index contributed by atoms with van der Waals surface area (Å²) in [5.74, 6) is -0.392. The van der Waals surface area contributed by atoms with Crippen molar-refractivity contribution in [1.82, 2.24) is 4.90 Å². The van der Waals surface area contributed by atoms with Crippen LogP contribution >= 0.6 is 0 Å². The number of allylic oxidation sites excluding steroid dienone is 2. The van der Waals surface area contributed by atoms with Crippen molar-refractivity contribution >= 4 is 17.2 Å². The van der Waals surface area contributed by atoms with Gasteiger partial charge in [0.1, 0.15) is 18.2 Å². The van der Waals surface area contributed by atoms with E-state index >= 15 is 0 Å². The molecule has 1 atom stereocenters. The van der Waals surface area contributed by atoms with E-state index in [9.17, 15) is 20.6 Å². The highest BCUT2D eigenvalue weighted by Crippen LogP contribution is 2.38. The molecule has 0 aliphatic carbocycles. The lowest BCUT2D eigenvalue weighted by molar-refractivity contribution is -0.122. The molecule has 6 heteroatoms. The zero-order valence-corrected chi connectivity index (χ0v) is 22.6. The molecule has 38 heavy (non-hydrogen) atoms. The van der Waals surface area contributed by atoms with Gasteiger partial charge in [-0.05, 0) is 43.0 Å². The van der Waals surface area contributed by atoms with Gasteiger partial charge in [0.25, 0.3) is 5.91 Å². The summed E-state index contributed by atoms with van der Waals surface area (Å²) >= 11 is 0. The Balaban J connectivity index is 1.96. The Labute approximate surface area is 226 Å². The van der Waals surface area contributed by atoms with Gasteiger partial charge in [0.2, 0.25) is 0 Å². The Morgan fingerprint density at radius 2 is 1.53 bits per heavy atom. The summed E-state index contributed by atoms with van der Waals surface area (Å²) in [6.07, 6.45) is 8.00. The minimum absolute atomic E-state index is 0.0240. The first-order chi connectivity index (χ1) is 18.4. The van der Waals surface area contributed by atoms with Crippen LogP contribution in [0.4, 0.5) is 5.69 Å². The third-order valence-corrected chi connectivity index (χ3v) is 7.01. The summed E-state index contributed by atoms with van der Waals surface area (Å²) < 4.78 is 0. The van der Waals surface area contributed by atoms with Gasteiger partial charge in [-0.1, -0.05) is 88.4 Å². The molecule has 0 saturated carbocycles. The number of carbonyl (C=O) groups excluding carboxylic acids is 1. The van der Waals surface area contributed by atoms with E-state index < -0.39 is 5.91 Å². The molecule has 1 N–H and O–H groups in total. The third kappa shape index (κ3) is 6.50. The molecule has 0 fully saturated rings. The van der Waals surface area contributed by atoms with Gasteiger partial charge in [-0.3, -0.25) is 4.79 Å². The Hall–Kier alpha value is -4.34. The largest absolute Gasteiger partial charge is 0.380 e. The lowest BCUT2D eigenvalue weighted by Gasteiger charge is -2.32. The monoisotopic (exact) mass is 505 g/mol. The highest BCUT2D eigenvalue weighted by Gasteiger charge is 2.38. The van der Waals surface area contributed by atoms with Crippen LogP contribution in [0.2, 0.25) is 0 Å². The van der Waals surface area contributed by atoms with Gasteiger partial charge in [-0.2, -0.15) is 15.8 Å². The molecule has 1 aliphatic heterocycles. The van der Waals surface area contributed by atoms with Gasteiger partial charge in [0, 0.05) is 11.2 Å². The van der Waals surface area contributed by atoms with Crippen LogP contribution in [-0.2, 0) is 11.3 Å². The standard InChI is InChI=1S/C32H35N5O/c1-4-6-11-19-32(3,18-7-5-2)36-27-16-14-25(15-17-27)29-28(22-35)30(26(20-33)21-34)37(31(29)38)23-24-12-9-8-10-13-24/h8-10,12-17,36H,4-7,11,18-19,23H2,1-3H3. The SMILES string of the molecule is CCCCCC(C)(CCCC)Nc1ccc(C2=C(C#N)C(=C(C#N)C#N)N(Cc3ccccc3)C2=O)cc1. The van der Waals surface area contributed by atoms with Crippen LogP contribution in [0.5, 0.6) is 0 Å². The zero-order chi connectivity index (χ0) is 27.5. The number of nitrogens with zero attached hydrogens (tertiary/aromatic N) is 4. The van der Waals surface area contributed by atoms with Crippen LogP contribution in [0.15, 0.2) is 71.4 Å². The van der Waals surface area contributed by atoms with Crippen LogP contribution in [0.3, 0.4) is 0 Å². The number of nitrogens with one attached hydrogen (secondary N) is 1. The first kappa shape index (κ1) is 28.2. The minimum Gasteiger partial charge on any atom is -0.380 e. The van der Waals surface area contributed by atoms with Crippen molar-refractivity contribution in [3.8, 4) is 18.2 Å². The number of benzene rings is 2. The summed E-state index contributed by atoms with van der Waals surface area (Å²) in [6.45, 7) is 6.84. The van der Waals surface area contributed by atoms with Gasteiger partial charge in [0.05, 0.1) is 23.4 Å². The molecule has 1 unspecified atom stereocenters. The average Bonchev–Trinajstić information content (AvgIpc) is 3.20. The Morgan fingerprint density at radius 3 is 2.11 bits per heavy atom. The first-order valence-electron chi connectivity index (χ1n) is 13.3. The summed E-state index contributed by atoms with van der Waals surface area (Å²) in [4.78, 5) is 15.0. The molecule has 1 heterocycles. The van der Waals surface area contributed by atoms with Crippen LogP contribution in [0.1, 0.15) is 76.8 Å². The normalized spacial score (nSPS) is 14.5. The lowest BCUT2D eigenvalue weighted by atomic mass is 9.88. The Bertz CT molecular complexity index is 1300. The van der Waals surface area contributed by atoms with Gasteiger partial charge >= 0.3 is 0 Å². The summed E-state index contributed by atoms with van der Waals surface area (Å²) in [5.41, 5.74) is 2.44. The van der Waals surface area contributed by atoms with E-state index in [4.69, 9.17) is 0 Å². The number of nitriles is 3. The molecule has 6 nitrogen and oxygen atoms in total. The maximum Gasteiger partial charge on any atom is 0.260 e. The van der Waals surface area contributed by atoms with E-state index in [2.05, 4.69) is 32.2 Å². The van der Waals surface area contributed by atoms with Gasteiger partial charge in [0.15, 0.2) is 5.57 Å². The van der Waals surface area contributed by atoms with Crippen molar-refractivity contribution in [1.29, 1.82) is 15.8 Å². The van der Waals surface area contributed by atoms with Gasteiger partial charge < -0.3 is 10.2 Å². The molecule has 0 bridgehead atoms. The minimum atomic E-state index is -0.392. The molecular weight excluding hydrogens is 470 g/mol. The van der Waals surface area contributed by atoms with E-state index in [1.54, 1.807) is 0 Å². The number of amides is 1. The van der Waals surface area contributed by atoms with Crippen LogP contribution < -0.4 is 5.32 Å². The van der Waals surface area contributed by atoms with Crippen molar-refractivity contribution in [2.75, 3.05) is 5.32 Å².